The van der Waals surface area contributed by atoms with Crippen molar-refractivity contribution in [2.75, 3.05) is 11.9 Å². The highest BCUT2D eigenvalue weighted by atomic mass is 16.3. The number of carbonyl (C=O) groups excluding carboxylic acids is 2. The summed E-state index contributed by atoms with van der Waals surface area (Å²) in [7, 11) is 0. The van der Waals surface area contributed by atoms with Crippen molar-refractivity contribution >= 4 is 17.5 Å². The Morgan fingerprint density at radius 2 is 1.71 bits per heavy atom. The number of anilines is 1. The molecule has 2 rings (SSSR count). The van der Waals surface area contributed by atoms with Crippen LogP contribution in [0.15, 0.2) is 42.5 Å². The first kappa shape index (κ1) is 17.5. The molecular weight excluding hydrogens is 304 g/mol. The van der Waals surface area contributed by atoms with E-state index < -0.39 is 11.8 Å². The molecule has 5 heteroatoms. The summed E-state index contributed by atoms with van der Waals surface area (Å²) in [6.07, 6.45) is 1.48. The van der Waals surface area contributed by atoms with Gasteiger partial charge in [-0.25, -0.2) is 0 Å². The van der Waals surface area contributed by atoms with Crippen LogP contribution in [0.2, 0.25) is 0 Å². The van der Waals surface area contributed by atoms with E-state index in [1.54, 1.807) is 18.2 Å². The predicted octanol–water partition coefficient (Wildman–Crippen LogP) is 2.70. The van der Waals surface area contributed by atoms with E-state index in [9.17, 15) is 14.7 Å². The van der Waals surface area contributed by atoms with Gasteiger partial charge in [0, 0.05) is 12.2 Å². The van der Waals surface area contributed by atoms with Gasteiger partial charge in [-0.2, -0.15) is 0 Å². The van der Waals surface area contributed by atoms with Crippen LogP contribution in [-0.4, -0.2) is 23.5 Å². The molecule has 126 valence electrons. The molecule has 0 bridgehead atoms. The Bertz CT molecular complexity index is 724. The SMILES string of the molecule is Cc1cccc(NC(=O)C(=O)NCCCc2ccc(O)cc2)c1C. The van der Waals surface area contributed by atoms with Gasteiger partial charge in [0.15, 0.2) is 0 Å². The second-order valence-electron chi connectivity index (χ2n) is 5.73. The molecule has 0 fully saturated rings. The molecule has 2 amide bonds. The Morgan fingerprint density at radius 3 is 2.42 bits per heavy atom. The first-order valence-corrected chi connectivity index (χ1v) is 7.90. The summed E-state index contributed by atoms with van der Waals surface area (Å²) < 4.78 is 0. The van der Waals surface area contributed by atoms with Crippen molar-refractivity contribution in [3.63, 3.8) is 0 Å². The Kier molecular flexibility index (Phi) is 5.95. The summed E-state index contributed by atoms with van der Waals surface area (Å²) in [6.45, 7) is 4.27. The van der Waals surface area contributed by atoms with Gasteiger partial charge >= 0.3 is 11.8 Å². The minimum Gasteiger partial charge on any atom is -0.508 e. The molecule has 0 radical (unpaired) electrons. The van der Waals surface area contributed by atoms with E-state index in [-0.39, 0.29) is 5.75 Å². The lowest BCUT2D eigenvalue weighted by molar-refractivity contribution is -0.136. The Labute approximate surface area is 141 Å². The van der Waals surface area contributed by atoms with Crippen LogP contribution >= 0.6 is 0 Å². The molecule has 0 spiro atoms. The van der Waals surface area contributed by atoms with Gasteiger partial charge in [-0.05, 0) is 61.6 Å². The summed E-state index contributed by atoms with van der Waals surface area (Å²) in [4.78, 5) is 23.8. The number of rotatable bonds is 5. The van der Waals surface area contributed by atoms with Crippen LogP contribution in [0.25, 0.3) is 0 Å². The molecule has 2 aromatic rings. The Balaban J connectivity index is 1.76. The van der Waals surface area contributed by atoms with Gasteiger partial charge in [-0.3, -0.25) is 9.59 Å². The fourth-order valence-electron chi connectivity index (χ4n) is 2.30. The molecule has 0 aliphatic rings. The van der Waals surface area contributed by atoms with Gasteiger partial charge in [-0.1, -0.05) is 24.3 Å². The van der Waals surface area contributed by atoms with Crippen molar-refractivity contribution in [3.8, 4) is 5.75 Å². The fourth-order valence-corrected chi connectivity index (χ4v) is 2.30. The third-order valence-electron chi connectivity index (χ3n) is 3.92. The molecule has 24 heavy (non-hydrogen) atoms. The second-order valence-corrected chi connectivity index (χ2v) is 5.73. The van der Waals surface area contributed by atoms with Crippen LogP contribution in [-0.2, 0) is 16.0 Å². The van der Waals surface area contributed by atoms with Gasteiger partial charge in [0.2, 0.25) is 0 Å². The molecule has 0 saturated heterocycles. The zero-order valence-corrected chi connectivity index (χ0v) is 13.9. The van der Waals surface area contributed by atoms with Crippen LogP contribution in [0.3, 0.4) is 0 Å². The topological polar surface area (TPSA) is 78.4 Å². The lowest BCUT2D eigenvalue weighted by Gasteiger charge is -2.10. The van der Waals surface area contributed by atoms with Crippen molar-refractivity contribution < 1.29 is 14.7 Å². The monoisotopic (exact) mass is 326 g/mol. The predicted molar refractivity (Wildman–Crippen MR) is 94.0 cm³/mol. The Morgan fingerprint density at radius 1 is 1.00 bits per heavy atom. The fraction of sp³-hybridized carbons (Fsp3) is 0.263. The van der Waals surface area contributed by atoms with E-state index in [1.165, 1.54) is 0 Å². The lowest BCUT2D eigenvalue weighted by atomic mass is 10.1. The molecule has 0 aliphatic heterocycles. The highest BCUT2D eigenvalue weighted by Crippen LogP contribution is 2.17. The van der Waals surface area contributed by atoms with Crippen molar-refractivity contribution in [2.45, 2.75) is 26.7 Å². The van der Waals surface area contributed by atoms with E-state index >= 15 is 0 Å². The molecule has 2 aromatic carbocycles. The first-order valence-electron chi connectivity index (χ1n) is 7.90. The van der Waals surface area contributed by atoms with E-state index in [1.807, 2.05) is 38.1 Å². The lowest BCUT2D eigenvalue weighted by Crippen LogP contribution is -2.36. The van der Waals surface area contributed by atoms with Crippen LogP contribution < -0.4 is 10.6 Å². The van der Waals surface area contributed by atoms with Crippen LogP contribution in [0.4, 0.5) is 5.69 Å². The minimum absolute atomic E-state index is 0.232. The molecule has 3 N–H and O–H groups in total. The standard InChI is InChI=1S/C19H22N2O3/c1-13-5-3-7-17(14(13)2)21-19(24)18(23)20-12-4-6-15-8-10-16(22)11-9-15/h3,5,7-11,22H,4,6,12H2,1-2H3,(H,20,23)(H,21,24). The summed E-state index contributed by atoms with van der Waals surface area (Å²) >= 11 is 0. The van der Waals surface area contributed by atoms with Gasteiger partial charge in [0.05, 0.1) is 0 Å². The highest BCUT2D eigenvalue weighted by Gasteiger charge is 2.14. The molecule has 0 unspecified atom stereocenters. The van der Waals surface area contributed by atoms with E-state index in [2.05, 4.69) is 10.6 Å². The number of hydrogen-bond donors (Lipinski definition) is 3. The van der Waals surface area contributed by atoms with Crippen LogP contribution in [0.5, 0.6) is 5.75 Å². The minimum atomic E-state index is -0.659. The number of amides is 2. The largest absolute Gasteiger partial charge is 0.508 e. The molecule has 0 aliphatic carbocycles. The number of phenolic OH excluding ortho intramolecular Hbond substituents is 1. The van der Waals surface area contributed by atoms with Crippen LogP contribution in [0.1, 0.15) is 23.1 Å². The summed E-state index contributed by atoms with van der Waals surface area (Å²) in [6, 6.07) is 12.5. The van der Waals surface area contributed by atoms with E-state index in [0.29, 0.717) is 18.7 Å². The average Bonchev–Trinajstić information content (AvgIpc) is 2.57. The summed E-state index contributed by atoms with van der Waals surface area (Å²) in [5, 5.41) is 14.5. The number of aromatic hydroxyl groups is 1. The average molecular weight is 326 g/mol. The quantitative estimate of drug-likeness (QED) is 0.584. The molecule has 5 nitrogen and oxygen atoms in total. The third-order valence-corrected chi connectivity index (χ3v) is 3.92. The summed E-state index contributed by atoms with van der Waals surface area (Å²) in [5.41, 5.74) is 3.73. The molecule has 0 saturated carbocycles. The zero-order chi connectivity index (χ0) is 17.5. The Hall–Kier alpha value is -2.82. The first-order chi connectivity index (χ1) is 11.5. The molecule has 0 heterocycles. The van der Waals surface area contributed by atoms with Gasteiger partial charge in [0.1, 0.15) is 5.75 Å². The number of carbonyl (C=O) groups is 2. The van der Waals surface area contributed by atoms with Gasteiger partial charge in [0.25, 0.3) is 0 Å². The number of phenols is 1. The number of benzene rings is 2. The maximum absolute atomic E-state index is 11.9. The summed E-state index contributed by atoms with van der Waals surface area (Å²) in [5.74, 6) is -1.06. The molecule has 0 atom stereocenters. The van der Waals surface area contributed by atoms with Crippen molar-refractivity contribution in [3.05, 3.63) is 59.2 Å². The third kappa shape index (κ3) is 4.84. The molecule has 0 aromatic heterocycles. The normalized spacial score (nSPS) is 10.2. The zero-order valence-electron chi connectivity index (χ0n) is 13.9. The van der Waals surface area contributed by atoms with Crippen LogP contribution in [0, 0.1) is 13.8 Å². The van der Waals surface area contributed by atoms with E-state index in [0.717, 1.165) is 23.1 Å². The van der Waals surface area contributed by atoms with Crippen molar-refractivity contribution in [2.24, 2.45) is 0 Å². The number of aryl methyl sites for hydroxylation is 2. The highest BCUT2D eigenvalue weighted by molar-refractivity contribution is 6.39. The molecular formula is C19H22N2O3. The van der Waals surface area contributed by atoms with Crippen molar-refractivity contribution in [1.29, 1.82) is 0 Å². The van der Waals surface area contributed by atoms with Crippen molar-refractivity contribution in [1.82, 2.24) is 5.32 Å². The number of hydrogen-bond acceptors (Lipinski definition) is 3. The van der Waals surface area contributed by atoms with Gasteiger partial charge in [-0.15, -0.1) is 0 Å². The maximum Gasteiger partial charge on any atom is 0.313 e. The maximum atomic E-state index is 11.9. The number of nitrogens with one attached hydrogen (secondary N) is 2. The van der Waals surface area contributed by atoms with Gasteiger partial charge < -0.3 is 15.7 Å². The van der Waals surface area contributed by atoms with E-state index in [4.69, 9.17) is 0 Å². The smallest absolute Gasteiger partial charge is 0.313 e. The second kappa shape index (κ2) is 8.15.